The lowest BCUT2D eigenvalue weighted by Gasteiger charge is -2.14. The van der Waals surface area contributed by atoms with Gasteiger partial charge in [-0.3, -0.25) is 9.52 Å². The number of ether oxygens (including phenoxy) is 1. The molecule has 146 valence electrons. The van der Waals surface area contributed by atoms with Gasteiger partial charge in [0.2, 0.25) is 10.0 Å². The SMILES string of the molecule is Cc1cccc(OCC(O)CNC(=O)c2ccc(Cl)c(NS(C)(=O)=O)c2)c1. The monoisotopic (exact) mass is 412 g/mol. The van der Waals surface area contributed by atoms with Crippen LogP contribution in [0.1, 0.15) is 15.9 Å². The van der Waals surface area contributed by atoms with Crippen molar-refractivity contribution in [3.63, 3.8) is 0 Å². The molecule has 7 nitrogen and oxygen atoms in total. The van der Waals surface area contributed by atoms with Crippen molar-refractivity contribution in [2.45, 2.75) is 13.0 Å². The van der Waals surface area contributed by atoms with Crippen LogP contribution in [0.5, 0.6) is 5.75 Å². The number of nitrogens with one attached hydrogen (secondary N) is 2. The Morgan fingerprint density at radius 2 is 2.00 bits per heavy atom. The van der Waals surface area contributed by atoms with Crippen molar-refractivity contribution < 1.29 is 23.1 Å². The maximum atomic E-state index is 12.2. The zero-order valence-corrected chi connectivity index (χ0v) is 16.5. The van der Waals surface area contributed by atoms with Gasteiger partial charge < -0.3 is 15.2 Å². The summed E-state index contributed by atoms with van der Waals surface area (Å²) in [6.07, 6.45) is 0.0797. The predicted octanol–water partition coefficient (Wildman–Crippen LogP) is 2.19. The van der Waals surface area contributed by atoms with E-state index in [4.69, 9.17) is 16.3 Å². The van der Waals surface area contributed by atoms with Crippen molar-refractivity contribution in [2.75, 3.05) is 24.1 Å². The topological polar surface area (TPSA) is 105 Å². The van der Waals surface area contributed by atoms with Crippen LogP contribution < -0.4 is 14.8 Å². The molecule has 0 heterocycles. The van der Waals surface area contributed by atoms with Crippen LogP contribution in [0.2, 0.25) is 5.02 Å². The quantitative estimate of drug-likeness (QED) is 0.616. The largest absolute Gasteiger partial charge is 0.491 e. The molecule has 0 aromatic heterocycles. The second-order valence-corrected chi connectivity index (χ2v) is 8.22. The number of carbonyl (C=O) groups is 1. The Morgan fingerprint density at radius 1 is 1.26 bits per heavy atom. The summed E-state index contributed by atoms with van der Waals surface area (Å²) in [4.78, 5) is 12.2. The van der Waals surface area contributed by atoms with Crippen molar-refractivity contribution in [2.24, 2.45) is 0 Å². The first kappa shape index (κ1) is 21.0. The van der Waals surface area contributed by atoms with Gasteiger partial charge in [0.15, 0.2) is 0 Å². The summed E-state index contributed by atoms with van der Waals surface area (Å²) in [5.41, 5.74) is 1.35. The number of hydrogen-bond donors (Lipinski definition) is 3. The van der Waals surface area contributed by atoms with Crippen LogP contribution in [0.4, 0.5) is 5.69 Å². The molecule has 0 spiro atoms. The Balaban J connectivity index is 1.90. The molecule has 27 heavy (non-hydrogen) atoms. The summed E-state index contributed by atoms with van der Waals surface area (Å²) in [5.74, 6) is 0.160. The number of amides is 1. The van der Waals surface area contributed by atoms with Gasteiger partial charge in [-0.25, -0.2) is 8.42 Å². The molecule has 0 aliphatic carbocycles. The molecule has 2 rings (SSSR count). The van der Waals surface area contributed by atoms with E-state index in [9.17, 15) is 18.3 Å². The molecule has 0 saturated heterocycles. The first-order chi connectivity index (χ1) is 12.6. The lowest BCUT2D eigenvalue weighted by molar-refractivity contribution is 0.0843. The van der Waals surface area contributed by atoms with E-state index in [1.54, 1.807) is 6.07 Å². The Morgan fingerprint density at radius 3 is 2.67 bits per heavy atom. The summed E-state index contributed by atoms with van der Waals surface area (Å²) in [5, 5.41) is 12.7. The number of sulfonamides is 1. The number of aryl methyl sites for hydroxylation is 1. The minimum absolute atomic E-state index is 0.0191. The Bertz CT molecular complexity index is 918. The van der Waals surface area contributed by atoms with E-state index < -0.39 is 22.0 Å². The van der Waals surface area contributed by atoms with E-state index >= 15 is 0 Å². The molecule has 2 aromatic carbocycles. The number of carbonyl (C=O) groups excluding carboxylic acids is 1. The van der Waals surface area contributed by atoms with Gasteiger partial charge in [-0.1, -0.05) is 23.7 Å². The molecule has 1 unspecified atom stereocenters. The van der Waals surface area contributed by atoms with Gasteiger partial charge in [-0.15, -0.1) is 0 Å². The second-order valence-electron chi connectivity index (χ2n) is 6.06. The fraction of sp³-hybridized carbons (Fsp3) is 0.278. The maximum absolute atomic E-state index is 12.2. The van der Waals surface area contributed by atoms with Gasteiger partial charge in [-0.2, -0.15) is 0 Å². The van der Waals surface area contributed by atoms with E-state index in [1.807, 2.05) is 25.1 Å². The van der Waals surface area contributed by atoms with Crippen molar-refractivity contribution >= 4 is 33.2 Å². The van der Waals surface area contributed by atoms with Crippen LogP contribution in [0, 0.1) is 6.92 Å². The van der Waals surface area contributed by atoms with Crippen LogP contribution in [-0.2, 0) is 10.0 Å². The zero-order chi connectivity index (χ0) is 20.0. The van der Waals surface area contributed by atoms with E-state index in [2.05, 4.69) is 10.0 Å². The zero-order valence-electron chi connectivity index (χ0n) is 14.9. The molecule has 0 aliphatic rings. The van der Waals surface area contributed by atoms with Crippen molar-refractivity contribution in [1.29, 1.82) is 0 Å². The average molecular weight is 413 g/mol. The number of anilines is 1. The first-order valence-electron chi connectivity index (χ1n) is 8.07. The van der Waals surface area contributed by atoms with Crippen LogP contribution >= 0.6 is 11.6 Å². The number of rotatable bonds is 8. The number of aliphatic hydroxyl groups is 1. The molecule has 0 saturated carbocycles. The highest BCUT2D eigenvalue weighted by Crippen LogP contribution is 2.24. The third-order valence-electron chi connectivity index (χ3n) is 3.45. The van der Waals surface area contributed by atoms with Crippen molar-refractivity contribution in [3.05, 3.63) is 58.6 Å². The Hall–Kier alpha value is -2.29. The number of aliphatic hydroxyl groups excluding tert-OH is 1. The average Bonchev–Trinajstić information content (AvgIpc) is 2.58. The Labute approximate surface area is 163 Å². The fourth-order valence-corrected chi connectivity index (χ4v) is 3.00. The molecule has 0 bridgehead atoms. The summed E-state index contributed by atoms with van der Waals surface area (Å²) < 4.78 is 30.4. The molecule has 9 heteroatoms. The lowest BCUT2D eigenvalue weighted by Crippen LogP contribution is -2.35. The highest BCUT2D eigenvalue weighted by molar-refractivity contribution is 7.92. The standard InChI is InChI=1S/C18H21ClN2O5S/c1-12-4-3-5-15(8-12)26-11-14(22)10-20-18(23)13-6-7-16(19)17(9-13)21-27(2,24)25/h3-9,14,21-22H,10-11H2,1-2H3,(H,20,23). The van der Waals surface area contributed by atoms with Crippen molar-refractivity contribution in [1.82, 2.24) is 5.32 Å². The summed E-state index contributed by atoms with van der Waals surface area (Å²) >= 11 is 5.93. The molecule has 0 fully saturated rings. The molecular weight excluding hydrogens is 392 g/mol. The van der Waals surface area contributed by atoms with Gasteiger partial charge >= 0.3 is 0 Å². The summed E-state index contributed by atoms with van der Waals surface area (Å²) in [7, 11) is -3.53. The normalized spacial score (nSPS) is 12.3. The van der Waals surface area contributed by atoms with Crippen LogP contribution in [0.15, 0.2) is 42.5 Å². The van der Waals surface area contributed by atoms with Crippen molar-refractivity contribution in [3.8, 4) is 5.75 Å². The molecule has 0 aliphatic heterocycles. The molecular formula is C18H21ClN2O5S. The summed E-state index contributed by atoms with van der Waals surface area (Å²) in [6.45, 7) is 1.93. The first-order valence-corrected chi connectivity index (χ1v) is 10.3. The number of benzene rings is 2. The molecule has 1 amide bonds. The Kier molecular flexibility index (Phi) is 7.06. The molecule has 0 radical (unpaired) electrons. The highest BCUT2D eigenvalue weighted by atomic mass is 35.5. The second kappa shape index (κ2) is 9.07. The minimum Gasteiger partial charge on any atom is -0.491 e. The van der Waals surface area contributed by atoms with Crippen LogP contribution in [0.25, 0.3) is 0 Å². The van der Waals surface area contributed by atoms with E-state index in [0.717, 1.165) is 11.8 Å². The summed E-state index contributed by atoms with van der Waals surface area (Å²) in [6, 6.07) is 11.6. The third kappa shape index (κ3) is 7.09. The lowest BCUT2D eigenvalue weighted by atomic mass is 10.2. The predicted molar refractivity (Wildman–Crippen MR) is 105 cm³/mol. The fourth-order valence-electron chi connectivity index (χ4n) is 2.21. The van der Waals surface area contributed by atoms with Crippen LogP contribution in [0.3, 0.4) is 0 Å². The van der Waals surface area contributed by atoms with Crippen LogP contribution in [-0.4, -0.2) is 44.9 Å². The van der Waals surface area contributed by atoms with Gasteiger partial charge in [-0.05, 0) is 42.8 Å². The number of halogens is 1. The smallest absolute Gasteiger partial charge is 0.251 e. The molecule has 1 atom stereocenters. The van der Waals surface area contributed by atoms with Gasteiger partial charge in [0.1, 0.15) is 18.5 Å². The van der Waals surface area contributed by atoms with E-state index in [1.165, 1.54) is 18.2 Å². The maximum Gasteiger partial charge on any atom is 0.251 e. The minimum atomic E-state index is -3.53. The number of hydrogen-bond acceptors (Lipinski definition) is 5. The highest BCUT2D eigenvalue weighted by Gasteiger charge is 2.13. The van der Waals surface area contributed by atoms with Gasteiger partial charge in [0, 0.05) is 12.1 Å². The van der Waals surface area contributed by atoms with Gasteiger partial charge in [0.25, 0.3) is 5.91 Å². The van der Waals surface area contributed by atoms with E-state index in [-0.39, 0.29) is 29.4 Å². The molecule has 2 aromatic rings. The molecule has 3 N–H and O–H groups in total. The van der Waals surface area contributed by atoms with E-state index in [0.29, 0.717) is 5.75 Å². The van der Waals surface area contributed by atoms with Gasteiger partial charge in [0.05, 0.1) is 17.0 Å². The third-order valence-corrected chi connectivity index (χ3v) is 4.37.